The van der Waals surface area contributed by atoms with Crippen LogP contribution in [0.3, 0.4) is 0 Å². The number of allylic oxidation sites excluding steroid dienone is 1. The predicted octanol–water partition coefficient (Wildman–Crippen LogP) is -0.217. The van der Waals surface area contributed by atoms with Crippen LogP contribution in [0.1, 0.15) is 20.1 Å². The Balaban J connectivity index is 1.90. The van der Waals surface area contributed by atoms with E-state index in [1.807, 2.05) is 19.9 Å². The van der Waals surface area contributed by atoms with Gasteiger partial charge in [-0.1, -0.05) is 5.57 Å². The summed E-state index contributed by atoms with van der Waals surface area (Å²) in [4.78, 5) is 12.5. The number of nitrogens with zero attached hydrogens (tertiary/aromatic N) is 4. The molecule has 130 valence electrons. The Labute approximate surface area is 138 Å². The first-order chi connectivity index (χ1) is 11.5. The van der Waals surface area contributed by atoms with Crippen LogP contribution in [0.4, 0.5) is 0 Å². The second-order valence-electron chi connectivity index (χ2n) is 5.82. The number of hydrogen-bond acceptors (Lipinski definition) is 8. The molecule has 0 saturated carbocycles. The van der Waals surface area contributed by atoms with Crippen molar-refractivity contribution >= 4 is 11.2 Å². The van der Waals surface area contributed by atoms with Gasteiger partial charge in [-0.3, -0.25) is 4.57 Å². The van der Waals surface area contributed by atoms with E-state index < -0.39 is 31.1 Å². The van der Waals surface area contributed by atoms with E-state index in [1.54, 1.807) is 0 Å². The summed E-state index contributed by atoms with van der Waals surface area (Å²) in [6.07, 6.45) is 0.530. The van der Waals surface area contributed by atoms with E-state index in [1.165, 1.54) is 17.2 Å². The SMILES string of the molecule is CC(C)=CCOc1ncnc2c1ncn2[C@@H]1O[C@H](CO)[C@@H](O)[C@H]1O. The zero-order valence-electron chi connectivity index (χ0n) is 13.4. The molecule has 1 aliphatic heterocycles. The van der Waals surface area contributed by atoms with Crippen LogP contribution >= 0.6 is 0 Å². The normalized spacial score (nSPS) is 26.7. The van der Waals surface area contributed by atoms with Gasteiger partial charge in [-0.25, -0.2) is 9.97 Å². The van der Waals surface area contributed by atoms with Gasteiger partial charge in [0.15, 0.2) is 17.4 Å². The van der Waals surface area contributed by atoms with Crippen molar-refractivity contribution in [1.29, 1.82) is 0 Å². The Morgan fingerprint density at radius 1 is 1.29 bits per heavy atom. The Morgan fingerprint density at radius 2 is 2.08 bits per heavy atom. The minimum absolute atomic E-state index is 0.322. The molecule has 9 heteroatoms. The van der Waals surface area contributed by atoms with Gasteiger partial charge < -0.3 is 24.8 Å². The van der Waals surface area contributed by atoms with Crippen LogP contribution in [0.15, 0.2) is 24.3 Å². The molecule has 3 rings (SSSR count). The molecule has 2 aromatic rings. The number of ether oxygens (including phenoxy) is 2. The van der Waals surface area contributed by atoms with Gasteiger partial charge in [-0.2, -0.15) is 4.98 Å². The van der Waals surface area contributed by atoms with E-state index in [0.717, 1.165) is 5.57 Å². The molecular formula is C15H20N4O5. The van der Waals surface area contributed by atoms with Crippen molar-refractivity contribution in [3.05, 3.63) is 24.3 Å². The summed E-state index contributed by atoms with van der Waals surface area (Å²) in [6, 6.07) is 0. The molecule has 0 amide bonds. The maximum absolute atomic E-state index is 10.1. The molecule has 3 N–H and O–H groups in total. The third-order valence-electron chi connectivity index (χ3n) is 3.83. The highest BCUT2D eigenvalue weighted by atomic mass is 16.6. The van der Waals surface area contributed by atoms with Crippen LogP contribution < -0.4 is 4.74 Å². The maximum atomic E-state index is 10.1. The lowest BCUT2D eigenvalue weighted by molar-refractivity contribution is -0.0511. The number of fused-ring (bicyclic) bond motifs is 1. The van der Waals surface area contributed by atoms with Gasteiger partial charge in [0.2, 0.25) is 5.88 Å². The molecule has 0 radical (unpaired) electrons. The summed E-state index contributed by atoms with van der Waals surface area (Å²) in [6.45, 7) is 3.90. The Morgan fingerprint density at radius 3 is 2.75 bits per heavy atom. The zero-order valence-corrected chi connectivity index (χ0v) is 13.4. The minimum Gasteiger partial charge on any atom is -0.472 e. The van der Waals surface area contributed by atoms with Crippen molar-refractivity contribution in [2.75, 3.05) is 13.2 Å². The largest absolute Gasteiger partial charge is 0.472 e. The molecule has 1 fully saturated rings. The maximum Gasteiger partial charge on any atom is 0.245 e. The monoisotopic (exact) mass is 336 g/mol. The first kappa shape index (κ1) is 16.8. The quantitative estimate of drug-likeness (QED) is 0.641. The van der Waals surface area contributed by atoms with E-state index in [9.17, 15) is 15.3 Å². The molecule has 0 aliphatic carbocycles. The van der Waals surface area contributed by atoms with Gasteiger partial charge in [-0.15, -0.1) is 0 Å². The van der Waals surface area contributed by atoms with Crippen molar-refractivity contribution in [2.45, 2.75) is 38.4 Å². The van der Waals surface area contributed by atoms with E-state index >= 15 is 0 Å². The van der Waals surface area contributed by atoms with E-state index in [4.69, 9.17) is 9.47 Å². The average Bonchev–Trinajstić information content (AvgIpc) is 3.10. The fraction of sp³-hybridized carbons (Fsp3) is 0.533. The number of imidazole rings is 1. The molecule has 0 aromatic carbocycles. The smallest absolute Gasteiger partial charge is 0.245 e. The number of rotatable bonds is 5. The summed E-state index contributed by atoms with van der Waals surface area (Å²) < 4.78 is 12.6. The van der Waals surface area contributed by atoms with Crippen molar-refractivity contribution in [1.82, 2.24) is 19.5 Å². The number of hydrogen-bond donors (Lipinski definition) is 3. The summed E-state index contributed by atoms with van der Waals surface area (Å²) in [5, 5.41) is 29.2. The average molecular weight is 336 g/mol. The summed E-state index contributed by atoms with van der Waals surface area (Å²) >= 11 is 0. The van der Waals surface area contributed by atoms with Crippen LogP contribution in [0.5, 0.6) is 5.88 Å². The van der Waals surface area contributed by atoms with Crippen molar-refractivity contribution < 1.29 is 24.8 Å². The third kappa shape index (κ3) is 2.98. The highest BCUT2D eigenvalue weighted by molar-refractivity contribution is 5.76. The van der Waals surface area contributed by atoms with E-state index in [0.29, 0.717) is 23.7 Å². The standard InChI is InChI=1S/C15H20N4O5/c1-8(2)3-4-23-14-10-13(16-6-17-14)19(7-18-10)15-12(22)11(21)9(5-20)24-15/h3,6-7,9,11-12,15,20-22H,4-5H2,1-2H3/t9-,11-,12-,15-/m1/s1. The first-order valence-electron chi connectivity index (χ1n) is 7.59. The van der Waals surface area contributed by atoms with Crippen molar-refractivity contribution in [2.24, 2.45) is 0 Å². The molecular weight excluding hydrogens is 316 g/mol. The molecule has 2 aromatic heterocycles. The lowest BCUT2D eigenvalue weighted by Gasteiger charge is -2.16. The lowest BCUT2D eigenvalue weighted by atomic mass is 10.1. The van der Waals surface area contributed by atoms with E-state index in [2.05, 4.69) is 15.0 Å². The zero-order chi connectivity index (χ0) is 17.3. The Kier molecular flexibility index (Phi) is 4.76. The van der Waals surface area contributed by atoms with Gasteiger partial charge in [0.1, 0.15) is 31.2 Å². The molecule has 0 spiro atoms. The van der Waals surface area contributed by atoms with Crippen LogP contribution in [-0.4, -0.2) is 66.4 Å². The lowest BCUT2D eigenvalue weighted by Crippen LogP contribution is -2.33. The Bertz CT molecular complexity index is 743. The van der Waals surface area contributed by atoms with Crippen molar-refractivity contribution in [3.63, 3.8) is 0 Å². The molecule has 1 saturated heterocycles. The highest BCUT2D eigenvalue weighted by Crippen LogP contribution is 2.32. The van der Waals surface area contributed by atoms with Crippen LogP contribution in [0, 0.1) is 0 Å². The third-order valence-corrected chi connectivity index (χ3v) is 3.83. The molecule has 9 nitrogen and oxygen atoms in total. The fourth-order valence-corrected chi connectivity index (χ4v) is 2.52. The van der Waals surface area contributed by atoms with Gasteiger partial charge in [-0.05, 0) is 19.9 Å². The molecule has 4 atom stereocenters. The Hall–Kier alpha value is -2.07. The van der Waals surface area contributed by atoms with Gasteiger partial charge >= 0.3 is 0 Å². The molecule has 0 bridgehead atoms. The topological polar surface area (TPSA) is 123 Å². The van der Waals surface area contributed by atoms with Crippen molar-refractivity contribution in [3.8, 4) is 5.88 Å². The van der Waals surface area contributed by atoms with Crippen LogP contribution in [0.25, 0.3) is 11.2 Å². The van der Waals surface area contributed by atoms with E-state index in [-0.39, 0.29) is 0 Å². The second-order valence-corrected chi connectivity index (χ2v) is 5.82. The summed E-state index contributed by atoms with van der Waals surface area (Å²) in [5.74, 6) is 0.322. The predicted molar refractivity (Wildman–Crippen MR) is 83.3 cm³/mol. The minimum atomic E-state index is -1.20. The summed E-state index contributed by atoms with van der Waals surface area (Å²) in [5.41, 5.74) is 1.96. The van der Waals surface area contributed by atoms with Gasteiger partial charge in [0.05, 0.1) is 12.9 Å². The summed E-state index contributed by atoms with van der Waals surface area (Å²) in [7, 11) is 0. The van der Waals surface area contributed by atoms with Crippen LogP contribution in [-0.2, 0) is 4.74 Å². The highest BCUT2D eigenvalue weighted by Gasteiger charge is 2.44. The molecule has 3 heterocycles. The molecule has 0 unspecified atom stereocenters. The molecule has 24 heavy (non-hydrogen) atoms. The van der Waals surface area contributed by atoms with Crippen LogP contribution in [0.2, 0.25) is 0 Å². The number of aliphatic hydroxyl groups is 3. The number of aromatic nitrogens is 4. The van der Waals surface area contributed by atoms with Gasteiger partial charge in [0, 0.05) is 0 Å². The first-order valence-corrected chi connectivity index (χ1v) is 7.59. The second kappa shape index (κ2) is 6.81. The fourth-order valence-electron chi connectivity index (χ4n) is 2.52. The van der Waals surface area contributed by atoms with Gasteiger partial charge in [0.25, 0.3) is 0 Å². The number of aliphatic hydroxyl groups excluding tert-OH is 3. The molecule has 1 aliphatic rings.